The monoisotopic (exact) mass is 334 g/mol. The maximum atomic E-state index is 5.90. The van der Waals surface area contributed by atoms with E-state index in [1.807, 2.05) is 31.2 Å². The zero-order chi connectivity index (χ0) is 14.5. The van der Waals surface area contributed by atoms with E-state index in [0.29, 0.717) is 6.61 Å². The van der Waals surface area contributed by atoms with Gasteiger partial charge in [0.2, 0.25) is 0 Å². The fourth-order valence-electron chi connectivity index (χ4n) is 2.01. The Balaban J connectivity index is 2.28. The lowest BCUT2D eigenvalue weighted by Gasteiger charge is -2.14. The molecule has 3 N–H and O–H groups in total. The Morgan fingerprint density at radius 1 is 1.20 bits per heavy atom. The van der Waals surface area contributed by atoms with Crippen LogP contribution in [0.25, 0.3) is 0 Å². The number of nitrogen functional groups attached to an aromatic ring is 1. The van der Waals surface area contributed by atoms with E-state index in [1.165, 1.54) is 5.56 Å². The Kier molecular flexibility index (Phi) is 5.04. The van der Waals surface area contributed by atoms with Gasteiger partial charge >= 0.3 is 0 Å². The Bertz CT molecular complexity index is 599. The number of aryl methyl sites for hydroxylation is 1. The first-order valence-electron chi connectivity index (χ1n) is 6.51. The predicted molar refractivity (Wildman–Crippen MR) is 88.6 cm³/mol. The standard InChI is InChI=1S/C16H19BrN2O/c1-11-9-16(13(17)10-14(11)18)19-15-6-4-3-5-12(15)7-8-20-2/h3-6,9-10,19H,7-8,18H2,1-2H3. The van der Waals surface area contributed by atoms with Crippen molar-refractivity contribution in [2.75, 3.05) is 24.8 Å². The molecule has 0 aliphatic heterocycles. The molecule has 0 unspecified atom stereocenters. The van der Waals surface area contributed by atoms with Crippen molar-refractivity contribution in [2.45, 2.75) is 13.3 Å². The van der Waals surface area contributed by atoms with Gasteiger partial charge in [0.1, 0.15) is 0 Å². The highest BCUT2D eigenvalue weighted by atomic mass is 79.9. The number of rotatable bonds is 5. The van der Waals surface area contributed by atoms with Crippen LogP contribution in [0.1, 0.15) is 11.1 Å². The smallest absolute Gasteiger partial charge is 0.0532 e. The van der Waals surface area contributed by atoms with Crippen molar-refractivity contribution in [3.05, 3.63) is 52.0 Å². The molecule has 0 radical (unpaired) electrons. The molecule has 0 saturated carbocycles. The maximum absolute atomic E-state index is 5.90. The summed E-state index contributed by atoms with van der Waals surface area (Å²) in [5.41, 5.74) is 11.1. The van der Waals surface area contributed by atoms with Crippen molar-refractivity contribution >= 4 is 33.0 Å². The minimum absolute atomic E-state index is 0.709. The molecule has 2 rings (SSSR count). The van der Waals surface area contributed by atoms with E-state index in [2.05, 4.69) is 33.4 Å². The molecule has 0 amide bonds. The molecule has 20 heavy (non-hydrogen) atoms. The van der Waals surface area contributed by atoms with Crippen molar-refractivity contribution in [3.8, 4) is 0 Å². The van der Waals surface area contributed by atoms with Gasteiger partial charge in [-0.3, -0.25) is 0 Å². The van der Waals surface area contributed by atoms with Crippen molar-refractivity contribution < 1.29 is 4.74 Å². The van der Waals surface area contributed by atoms with Crippen LogP contribution in [0, 0.1) is 6.92 Å². The maximum Gasteiger partial charge on any atom is 0.0532 e. The molecular formula is C16H19BrN2O. The van der Waals surface area contributed by atoms with Crippen LogP contribution in [0.5, 0.6) is 0 Å². The first kappa shape index (κ1) is 14.9. The molecule has 0 atom stereocenters. The van der Waals surface area contributed by atoms with E-state index in [0.717, 1.165) is 33.5 Å². The first-order valence-corrected chi connectivity index (χ1v) is 7.30. The summed E-state index contributed by atoms with van der Waals surface area (Å²) in [4.78, 5) is 0. The lowest BCUT2D eigenvalue weighted by atomic mass is 10.1. The molecule has 0 fully saturated rings. The highest BCUT2D eigenvalue weighted by Gasteiger charge is 2.07. The molecule has 0 aliphatic rings. The summed E-state index contributed by atoms with van der Waals surface area (Å²) in [6, 6.07) is 12.2. The summed E-state index contributed by atoms with van der Waals surface area (Å²) in [5, 5.41) is 3.46. The van der Waals surface area contributed by atoms with Crippen LogP contribution in [0.3, 0.4) is 0 Å². The van der Waals surface area contributed by atoms with E-state index in [-0.39, 0.29) is 0 Å². The molecular weight excluding hydrogens is 316 g/mol. The van der Waals surface area contributed by atoms with Gasteiger partial charge in [-0.15, -0.1) is 0 Å². The van der Waals surface area contributed by atoms with Crippen LogP contribution in [0.2, 0.25) is 0 Å². The third-order valence-electron chi connectivity index (χ3n) is 3.22. The summed E-state index contributed by atoms with van der Waals surface area (Å²) in [6.07, 6.45) is 0.880. The lowest BCUT2D eigenvalue weighted by molar-refractivity contribution is 0.202. The van der Waals surface area contributed by atoms with Crippen molar-refractivity contribution in [3.63, 3.8) is 0 Å². The van der Waals surface area contributed by atoms with Gasteiger partial charge in [-0.25, -0.2) is 0 Å². The SMILES string of the molecule is COCCc1ccccc1Nc1cc(C)c(N)cc1Br. The number of hydrogen-bond acceptors (Lipinski definition) is 3. The molecule has 0 aromatic heterocycles. The fourth-order valence-corrected chi connectivity index (χ4v) is 2.47. The van der Waals surface area contributed by atoms with Crippen molar-refractivity contribution in [1.82, 2.24) is 0 Å². The molecule has 0 spiro atoms. The molecule has 0 saturated heterocycles. The van der Waals surface area contributed by atoms with Crippen LogP contribution in [-0.2, 0) is 11.2 Å². The Morgan fingerprint density at radius 2 is 1.95 bits per heavy atom. The van der Waals surface area contributed by atoms with Gasteiger partial charge in [0.05, 0.1) is 12.3 Å². The number of methoxy groups -OCH3 is 1. The summed E-state index contributed by atoms with van der Waals surface area (Å²) < 4.78 is 6.12. The number of nitrogens with two attached hydrogens (primary N) is 1. The highest BCUT2D eigenvalue weighted by Crippen LogP contribution is 2.31. The third kappa shape index (κ3) is 3.52. The highest BCUT2D eigenvalue weighted by molar-refractivity contribution is 9.10. The summed E-state index contributed by atoms with van der Waals surface area (Å²) >= 11 is 3.55. The van der Waals surface area contributed by atoms with Crippen LogP contribution in [0.15, 0.2) is 40.9 Å². The Hall–Kier alpha value is -1.52. The van der Waals surface area contributed by atoms with Gasteiger partial charge in [-0.2, -0.15) is 0 Å². The lowest BCUT2D eigenvalue weighted by Crippen LogP contribution is -2.01. The number of nitrogens with one attached hydrogen (secondary N) is 1. The van der Waals surface area contributed by atoms with E-state index in [9.17, 15) is 0 Å². The normalized spacial score (nSPS) is 10.6. The molecule has 106 valence electrons. The zero-order valence-electron chi connectivity index (χ0n) is 11.7. The largest absolute Gasteiger partial charge is 0.398 e. The van der Waals surface area contributed by atoms with Crippen LogP contribution in [-0.4, -0.2) is 13.7 Å². The van der Waals surface area contributed by atoms with Gasteiger partial charge in [0.25, 0.3) is 0 Å². The minimum Gasteiger partial charge on any atom is -0.398 e. The second-order valence-electron chi connectivity index (χ2n) is 4.71. The van der Waals surface area contributed by atoms with E-state index in [4.69, 9.17) is 10.5 Å². The topological polar surface area (TPSA) is 47.3 Å². The molecule has 4 heteroatoms. The molecule has 2 aromatic rings. The van der Waals surface area contributed by atoms with Crippen LogP contribution in [0.4, 0.5) is 17.1 Å². The van der Waals surface area contributed by atoms with Crippen molar-refractivity contribution in [1.29, 1.82) is 0 Å². The second kappa shape index (κ2) is 6.77. The predicted octanol–water partition coefficient (Wildman–Crippen LogP) is 4.27. The van der Waals surface area contributed by atoms with E-state index < -0.39 is 0 Å². The average molecular weight is 335 g/mol. The van der Waals surface area contributed by atoms with E-state index in [1.54, 1.807) is 7.11 Å². The minimum atomic E-state index is 0.709. The van der Waals surface area contributed by atoms with E-state index >= 15 is 0 Å². The summed E-state index contributed by atoms with van der Waals surface area (Å²) in [6.45, 7) is 2.71. The van der Waals surface area contributed by atoms with Gasteiger partial charge in [0, 0.05) is 23.0 Å². The number of halogens is 1. The number of benzene rings is 2. The molecule has 3 nitrogen and oxygen atoms in total. The first-order chi connectivity index (χ1) is 9.61. The number of ether oxygens (including phenoxy) is 1. The molecule has 0 bridgehead atoms. The van der Waals surface area contributed by atoms with Gasteiger partial charge in [0.15, 0.2) is 0 Å². The summed E-state index contributed by atoms with van der Waals surface area (Å²) in [5.74, 6) is 0. The number of hydrogen-bond donors (Lipinski definition) is 2. The van der Waals surface area contributed by atoms with Gasteiger partial charge in [-0.05, 0) is 58.6 Å². The van der Waals surface area contributed by atoms with Gasteiger partial charge < -0.3 is 15.8 Å². The van der Waals surface area contributed by atoms with Crippen LogP contribution < -0.4 is 11.1 Å². The Morgan fingerprint density at radius 3 is 2.70 bits per heavy atom. The van der Waals surface area contributed by atoms with Gasteiger partial charge in [-0.1, -0.05) is 18.2 Å². The summed E-state index contributed by atoms with van der Waals surface area (Å²) in [7, 11) is 1.72. The molecule has 0 heterocycles. The fraction of sp³-hybridized carbons (Fsp3) is 0.250. The third-order valence-corrected chi connectivity index (χ3v) is 3.87. The average Bonchev–Trinajstić information content (AvgIpc) is 2.44. The number of para-hydroxylation sites is 1. The Labute approximate surface area is 128 Å². The number of anilines is 3. The van der Waals surface area contributed by atoms with Crippen molar-refractivity contribution in [2.24, 2.45) is 0 Å². The zero-order valence-corrected chi connectivity index (χ0v) is 13.3. The van der Waals surface area contributed by atoms with Crippen LogP contribution >= 0.6 is 15.9 Å². The second-order valence-corrected chi connectivity index (χ2v) is 5.57. The quantitative estimate of drug-likeness (QED) is 0.802. The molecule has 2 aromatic carbocycles. The molecule has 0 aliphatic carbocycles.